The van der Waals surface area contributed by atoms with Crippen LogP contribution in [0.15, 0.2) is 30.3 Å². The molecule has 0 aliphatic heterocycles. The first-order chi connectivity index (χ1) is 7.74. The Hall–Kier alpha value is -2.24. The van der Waals surface area contributed by atoms with E-state index < -0.39 is 5.97 Å². The molecule has 6 heteroatoms. The molecule has 0 atom stereocenters. The number of carboxylic acids is 1. The van der Waals surface area contributed by atoms with Gasteiger partial charge in [-0.05, 0) is 10.8 Å². The van der Waals surface area contributed by atoms with E-state index in [0.29, 0.717) is 12.2 Å². The van der Waals surface area contributed by atoms with Gasteiger partial charge in [-0.3, -0.25) is 4.79 Å². The molecule has 6 nitrogen and oxygen atoms in total. The molecule has 16 heavy (non-hydrogen) atoms. The lowest BCUT2D eigenvalue weighted by Crippen LogP contribution is -2.11. The van der Waals surface area contributed by atoms with E-state index in [4.69, 9.17) is 5.11 Å². The summed E-state index contributed by atoms with van der Waals surface area (Å²) in [5, 5.41) is 19.9. The molecule has 0 amide bonds. The standard InChI is InChI=1S/C10H10N4O2/c15-10(16)7-14-12-9(11-13-14)6-8-4-2-1-3-5-8/h1-5H,6-7H2,(H,15,16). The lowest BCUT2D eigenvalue weighted by atomic mass is 10.1. The molecule has 1 heterocycles. The third-order valence-electron chi connectivity index (χ3n) is 1.98. The summed E-state index contributed by atoms with van der Waals surface area (Å²) in [6, 6.07) is 9.70. The highest BCUT2D eigenvalue weighted by Crippen LogP contribution is 2.03. The Bertz CT molecular complexity index is 481. The zero-order valence-corrected chi connectivity index (χ0v) is 8.45. The van der Waals surface area contributed by atoms with Gasteiger partial charge in [0.25, 0.3) is 0 Å². The zero-order chi connectivity index (χ0) is 11.4. The van der Waals surface area contributed by atoms with E-state index in [1.165, 1.54) is 0 Å². The van der Waals surface area contributed by atoms with Gasteiger partial charge in [0.15, 0.2) is 12.4 Å². The fourth-order valence-electron chi connectivity index (χ4n) is 1.31. The molecule has 0 radical (unpaired) electrons. The molecule has 0 saturated heterocycles. The molecule has 1 aromatic carbocycles. The second kappa shape index (κ2) is 4.52. The lowest BCUT2D eigenvalue weighted by molar-refractivity contribution is -0.138. The van der Waals surface area contributed by atoms with Crippen molar-refractivity contribution in [1.29, 1.82) is 0 Å². The highest BCUT2D eigenvalue weighted by molar-refractivity contribution is 5.66. The third kappa shape index (κ3) is 2.63. The van der Waals surface area contributed by atoms with Crippen molar-refractivity contribution in [3.05, 3.63) is 41.7 Å². The van der Waals surface area contributed by atoms with Crippen molar-refractivity contribution < 1.29 is 9.90 Å². The Kier molecular flexibility index (Phi) is 2.90. The average Bonchev–Trinajstić information content (AvgIpc) is 2.66. The molecule has 1 aromatic heterocycles. The molecular formula is C10H10N4O2. The van der Waals surface area contributed by atoms with Crippen LogP contribution >= 0.6 is 0 Å². The van der Waals surface area contributed by atoms with Crippen LogP contribution < -0.4 is 0 Å². The van der Waals surface area contributed by atoms with E-state index >= 15 is 0 Å². The molecule has 0 bridgehead atoms. The minimum absolute atomic E-state index is 0.262. The number of tetrazole rings is 1. The largest absolute Gasteiger partial charge is 0.480 e. The monoisotopic (exact) mass is 218 g/mol. The Balaban J connectivity index is 2.06. The number of nitrogens with zero attached hydrogens (tertiary/aromatic N) is 4. The van der Waals surface area contributed by atoms with Gasteiger partial charge in [0.05, 0.1) is 0 Å². The van der Waals surface area contributed by atoms with E-state index in [0.717, 1.165) is 10.4 Å². The quantitative estimate of drug-likeness (QED) is 0.800. The summed E-state index contributed by atoms with van der Waals surface area (Å²) >= 11 is 0. The minimum atomic E-state index is -0.983. The maximum absolute atomic E-state index is 10.4. The first kappa shape index (κ1) is 10.3. The van der Waals surface area contributed by atoms with Crippen LogP contribution in [0.25, 0.3) is 0 Å². The van der Waals surface area contributed by atoms with Gasteiger partial charge in [-0.2, -0.15) is 4.80 Å². The van der Waals surface area contributed by atoms with Gasteiger partial charge in [-0.1, -0.05) is 30.3 Å². The lowest BCUT2D eigenvalue weighted by Gasteiger charge is -1.94. The molecule has 0 aliphatic carbocycles. The predicted molar refractivity (Wildman–Crippen MR) is 54.7 cm³/mol. The van der Waals surface area contributed by atoms with Crippen molar-refractivity contribution in [3.63, 3.8) is 0 Å². The van der Waals surface area contributed by atoms with Crippen LogP contribution in [-0.4, -0.2) is 31.3 Å². The average molecular weight is 218 g/mol. The topological polar surface area (TPSA) is 80.9 Å². The maximum atomic E-state index is 10.4. The van der Waals surface area contributed by atoms with Crippen LogP contribution in [-0.2, 0) is 17.8 Å². The fourth-order valence-corrected chi connectivity index (χ4v) is 1.31. The molecule has 2 rings (SSSR count). The number of carboxylic acid groups (broad SMARTS) is 1. The highest BCUT2D eigenvalue weighted by atomic mass is 16.4. The summed E-state index contributed by atoms with van der Waals surface area (Å²) < 4.78 is 0. The molecule has 0 unspecified atom stereocenters. The summed E-state index contributed by atoms with van der Waals surface area (Å²) in [6.07, 6.45) is 0.556. The summed E-state index contributed by atoms with van der Waals surface area (Å²) in [5.41, 5.74) is 1.07. The van der Waals surface area contributed by atoms with Gasteiger partial charge in [0, 0.05) is 6.42 Å². The second-order valence-corrected chi connectivity index (χ2v) is 3.29. The smallest absolute Gasteiger partial charge is 0.327 e. The molecule has 0 spiro atoms. The molecule has 2 aromatic rings. The molecule has 1 N–H and O–H groups in total. The van der Waals surface area contributed by atoms with E-state index in [-0.39, 0.29) is 6.54 Å². The summed E-state index contributed by atoms with van der Waals surface area (Å²) in [6.45, 7) is -0.262. The number of benzene rings is 1. The summed E-state index contributed by atoms with van der Waals surface area (Å²) in [4.78, 5) is 11.5. The molecule has 82 valence electrons. The van der Waals surface area contributed by atoms with Crippen LogP contribution in [0.1, 0.15) is 11.4 Å². The van der Waals surface area contributed by atoms with Gasteiger partial charge < -0.3 is 5.11 Å². The molecular weight excluding hydrogens is 208 g/mol. The molecule has 0 fully saturated rings. The highest BCUT2D eigenvalue weighted by Gasteiger charge is 2.06. The van der Waals surface area contributed by atoms with Gasteiger partial charge in [0.1, 0.15) is 0 Å². The van der Waals surface area contributed by atoms with E-state index in [1.807, 2.05) is 30.3 Å². The summed E-state index contributed by atoms with van der Waals surface area (Å²) in [7, 11) is 0. The van der Waals surface area contributed by atoms with Gasteiger partial charge >= 0.3 is 5.97 Å². The zero-order valence-electron chi connectivity index (χ0n) is 8.45. The van der Waals surface area contributed by atoms with E-state index in [1.54, 1.807) is 0 Å². The van der Waals surface area contributed by atoms with Gasteiger partial charge in [0.2, 0.25) is 0 Å². The Labute approximate surface area is 91.5 Å². The normalized spacial score (nSPS) is 10.2. The predicted octanol–water partition coefficient (Wildman–Crippen LogP) is 0.348. The number of hydrogen-bond donors (Lipinski definition) is 1. The van der Waals surface area contributed by atoms with Crippen molar-refractivity contribution in [2.24, 2.45) is 0 Å². The van der Waals surface area contributed by atoms with Crippen molar-refractivity contribution in [3.8, 4) is 0 Å². The Morgan fingerprint density at radius 3 is 2.75 bits per heavy atom. The number of aliphatic carboxylic acids is 1. The van der Waals surface area contributed by atoms with Crippen molar-refractivity contribution in [2.75, 3.05) is 0 Å². The first-order valence-electron chi connectivity index (χ1n) is 4.76. The number of carbonyl (C=O) groups is 1. The van der Waals surface area contributed by atoms with Crippen LogP contribution in [0.2, 0.25) is 0 Å². The maximum Gasteiger partial charge on any atom is 0.327 e. The summed E-state index contributed by atoms with van der Waals surface area (Å²) in [5.74, 6) is -0.462. The molecule has 0 aliphatic rings. The van der Waals surface area contributed by atoms with Crippen LogP contribution in [0.4, 0.5) is 0 Å². The van der Waals surface area contributed by atoms with Crippen molar-refractivity contribution in [2.45, 2.75) is 13.0 Å². The van der Waals surface area contributed by atoms with Gasteiger partial charge in [-0.15, -0.1) is 10.2 Å². The Morgan fingerprint density at radius 2 is 2.06 bits per heavy atom. The van der Waals surface area contributed by atoms with Crippen LogP contribution in [0.3, 0.4) is 0 Å². The van der Waals surface area contributed by atoms with Crippen LogP contribution in [0.5, 0.6) is 0 Å². The fraction of sp³-hybridized carbons (Fsp3) is 0.200. The van der Waals surface area contributed by atoms with E-state index in [9.17, 15) is 4.79 Å². The molecule has 0 saturated carbocycles. The minimum Gasteiger partial charge on any atom is -0.480 e. The third-order valence-corrected chi connectivity index (χ3v) is 1.98. The SMILES string of the molecule is O=C(O)Cn1nnc(Cc2ccccc2)n1. The van der Waals surface area contributed by atoms with E-state index in [2.05, 4.69) is 15.4 Å². The Morgan fingerprint density at radius 1 is 1.31 bits per heavy atom. The number of hydrogen-bond acceptors (Lipinski definition) is 4. The number of rotatable bonds is 4. The van der Waals surface area contributed by atoms with Crippen molar-refractivity contribution in [1.82, 2.24) is 20.2 Å². The van der Waals surface area contributed by atoms with Gasteiger partial charge in [-0.25, -0.2) is 0 Å². The number of aromatic nitrogens is 4. The van der Waals surface area contributed by atoms with Crippen molar-refractivity contribution >= 4 is 5.97 Å². The van der Waals surface area contributed by atoms with Crippen LogP contribution in [0, 0.1) is 0 Å². The first-order valence-corrected chi connectivity index (χ1v) is 4.76. The second-order valence-electron chi connectivity index (χ2n) is 3.29.